The van der Waals surface area contributed by atoms with Gasteiger partial charge in [0.1, 0.15) is 5.75 Å². The molecule has 0 atom stereocenters. The zero-order valence-electron chi connectivity index (χ0n) is 14.5. The summed E-state index contributed by atoms with van der Waals surface area (Å²) in [5.74, 6) is 0.879. The smallest absolute Gasteiger partial charge is 0.185 e. The van der Waals surface area contributed by atoms with Gasteiger partial charge in [0.05, 0.1) is 20.3 Å². The van der Waals surface area contributed by atoms with Gasteiger partial charge in [-0.1, -0.05) is 42.5 Å². The zero-order valence-corrected chi connectivity index (χ0v) is 14.5. The van der Waals surface area contributed by atoms with Crippen molar-refractivity contribution >= 4 is 11.9 Å². The number of nitrogens with zero attached hydrogens (tertiary/aromatic N) is 1. The van der Waals surface area contributed by atoms with Crippen LogP contribution in [0.2, 0.25) is 0 Å². The molecule has 0 amide bonds. The van der Waals surface area contributed by atoms with Crippen LogP contribution in [-0.4, -0.2) is 44.1 Å². The summed E-state index contributed by atoms with van der Waals surface area (Å²) >= 11 is 0. The van der Waals surface area contributed by atoms with Gasteiger partial charge in [-0.25, -0.2) is 0 Å². The summed E-state index contributed by atoms with van der Waals surface area (Å²) < 4.78 is 10.9. The number of morpholine rings is 1. The number of allylic oxidation sites excluding steroid dienone is 1. The predicted octanol–water partition coefficient (Wildman–Crippen LogP) is 3.42. The third kappa shape index (κ3) is 4.78. The Labute approximate surface area is 148 Å². The first kappa shape index (κ1) is 17.4. The maximum atomic E-state index is 12.2. The first-order valence-corrected chi connectivity index (χ1v) is 8.51. The fraction of sp³-hybridized carbons (Fsp3) is 0.286. The largest absolute Gasteiger partial charge is 0.496 e. The molecule has 0 N–H and O–H groups in total. The predicted molar refractivity (Wildman–Crippen MR) is 98.9 cm³/mol. The second-order valence-corrected chi connectivity index (χ2v) is 6.02. The first-order chi connectivity index (χ1) is 12.3. The van der Waals surface area contributed by atoms with E-state index in [-0.39, 0.29) is 5.78 Å². The fourth-order valence-corrected chi connectivity index (χ4v) is 2.90. The van der Waals surface area contributed by atoms with E-state index in [4.69, 9.17) is 9.47 Å². The molecule has 4 nitrogen and oxygen atoms in total. The van der Waals surface area contributed by atoms with Crippen molar-refractivity contribution in [3.05, 3.63) is 71.3 Å². The van der Waals surface area contributed by atoms with Crippen LogP contribution in [0, 0.1) is 0 Å². The molecule has 0 bridgehead atoms. The van der Waals surface area contributed by atoms with Gasteiger partial charge in [0, 0.05) is 30.8 Å². The van der Waals surface area contributed by atoms with Crippen LogP contribution >= 0.6 is 0 Å². The maximum Gasteiger partial charge on any atom is 0.185 e. The average Bonchev–Trinajstić information content (AvgIpc) is 2.68. The second kappa shape index (κ2) is 8.60. The minimum absolute atomic E-state index is 0.00569. The van der Waals surface area contributed by atoms with E-state index in [0.29, 0.717) is 5.56 Å². The van der Waals surface area contributed by atoms with Gasteiger partial charge in [0.25, 0.3) is 0 Å². The molecule has 130 valence electrons. The van der Waals surface area contributed by atoms with E-state index in [1.165, 1.54) is 0 Å². The van der Waals surface area contributed by atoms with E-state index >= 15 is 0 Å². The molecular weight excluding hydrogens is 314 g/mol. The van der Waals surface area contributed by atoms with Crippen LogP contribution in [0.4, 0.5) is 0 Å². The number of hydrogen-bond acceptors (Lipinski definition) is 4. The number of carbonyl (C=O) groups is 1. The Morgan fingerprint density at radius 3 is 2.64 bits per heavy atom. The van der Waals surface area contributed by atoms with Gasteiger partial charge >= 0.3 is 0 Å². The number of rotatable bonds is 6. The Bertz CT molecular complexity index is 734. The van der Waals surface area contributed by atoms with Gasteiger partial charge in [0.2, 0.25) is 0 Å². The number of methoxy groups -OCH3 is 1. The molecule has 1 fully saturated rings. The normalized spacial score (nSPS) is 15.4. The Balaban J connectivity index is 1.74. The summed E-state index contributed by atoms with van der Waals surface area (Å²) in [7, 11) is 1.69. The van der Waals surface area contributed by atoms with Gasteiger partial charge in [-0.2, -0.15) is 0 Å². The van der Waals surface area contributed by atoms with Crippen molar-refractivity contribution in [2.24, 2.45) is 0 Å². The van der Waals surface area contributed by atoms with Crippen molar-refractivity contribution in [2.45, 2.75) is 6.54 Å². The lowest BCUT2D eigenvalue weighted by atomic mass is 10.1. The lowest BCUT2D eigenvalue weighted by molar-refractivity contribution is 0.0339. The number of benzene rings is 2. The summed E-state index contributed by atoms with van der Waals surface area (Å²) in [6.07, 6.45) is 3.48. The highest BCUT2D eigenvalue weighted by molar-refractivity contribution is 6.06. The molecule has 0 aromatic heterocycles. The lowest BCUT2D eigenvalue weighted by Gasteiger charge is -2.27. The number of carbonyl (C=O) groups excluding carboxylic acids is 1. The van der Waals surface area contributed by atoms with Crippen LogP contribution in [0.15, 0.2) is 54.6 Å². The third-order valence-corrected chi connectivity index (χ3v) is 4.29. The molecule has 1 heterocycles. The summed E-state index contributed by atoms with van der Waals surface area (Å²) in [5, 5.41) is 0. The van der Waals surface area contributed by atoms with Gasteiger partial charge in [-0.3, -0.25) is 9.69 Å². The molecular formula is C21H23NO3. The van der Waals surface area contributed by atoms with Gasteiger partial charge in [-0.05, 0) is 23.8 Å². The van der Waals surface area contributed by atoms with Crippen LogP contribution in [0.3, 0.4) is 0 Å². The summed E-state index contributed by atoms with van der Waals surface area (Å²) in [4.78, 5) is 14.6. The molecule has 0 radical (unpaired) electrons. The summed E-state index contributed by atoms with van der Waals surface area (Å²) in [6, 6.07) is 15.3. The summed E-state index contributed by atoms with van der Waals surface area (Å²) in [6.45, 7) is 4.22. The van der Waals surface area contributed by atoms with Crippen molar-refractivity contribution < 1.29 is 14.3 Å². The standard InChI is InChI=1S/C21H23NO3/c1-24-21-10-8-17(7-9-20(23)18-5-3-2-4-6-18)15-19(21)16-22-11-13-25-14-12-22/h2-10,15H,11-14,16H2,1H3/b9-7+. The van der Waals surface area contributed by atoms with E-state index in [1.54, 1.807) is 13.2 Å². The monoisotopic (exact) mass is 337 g/mol. The molecule has 4 heteroatoms. The lowest BCUT2D eigenvalue weighted by Crippen LogP contribution is -2.35. The highest BCUT2D eigenvalue weighted by atomic mass is 16.5. The molecule has 3 rings (SSSR count). The van der Waals surface area contributed by atoms with Crippen molar-refractivity contribution in [2.75, 3.05) is 33.4 Å². The number of ketones is 1. The van der Waals surface area contributed by atoms with Crippen molar-refractivity contribution in [3.8, 4) is 5.75 Å². The minimum Gasteiger partial charge on any atom is -0.496 e. The minimum atomic E-state index is 0.00569. The van der Waals surface area contributed by atoms with Crippen molar-refractivity contribution in [1.82, 2.24) is 4.90 Å². The molecule has 1 aliphatic rings. The van der Waals surface area contributed by atoms with Gasteiger partial charge in [-0.15, -0.1) is 0 Å². The first-order valence-electron chi connectivity index (χ1n) is 8.51. The van der Waals surface area contributed by atoms with Crippen LogP contribution in [0.25, 0.3) is 6.08 Å². The van der Waals surface area contributed by atoms with E-state index in [2.05, 4.69) is 11.0 Å². The second-order valence-electron chi connectivity index (χ2n) is 6.02. The Morgan fingerprint density at radius 1 is 1.16 bits per heavy atom. The molecule has 25 heavy (non-hydrogen) atoms. The van der Waals surface area contributed by atoms with Crippen LogP contribution in [0.1, 0.15) is 21.5 Å². The zero-order chi connectivity index (χ0) is 17.5. The molecule has 1 saturated heterocycles. The van der Waals surface area contributed by atoms with Crippen LogP contribution in [-0.2, 0) is 11.3 Å². The van der Waals surface area contributed by atoms with E-state index in [9.17, 15) is 4.79 Å². The number of ether oxygens (including phenoxy) is 2. The Hall–Kier alpha value is -2.43. The molecule has 1 aliphatic heterocycles. The van der Waals surface area contributed by atoms with Gasteiger partial charge < -0.3 is 9.47 Å². The quantitative estimate of drug-likeness (QED) is 0.598. The Morgan fingerprint density at radius 2 is 1.92 bits per heavy atom. The summed E-state index contributed by atoms with van der Waals surface area (Å²) in [5.41, 5.74) is 2.81. The molecule has 2 aromatic rings. The van der Waals surface area contributed by atoms with E-state index in [0.717, 1.165) is 49.7 Å². The third-order valence-electron chi connectivity index (χ3n) is 4.29. The fourth-order valence-electron chi connectivity index (χ4n) is 2.90. The van der Waals surface area contributed by atoms with Crippen molar-refractivity contribution in [1.29, 1.82) is 0 Å². The van der Waals surface area contributed by atoms with E-state index in [1.807, 2.05) is 48.5 Å². The van der Waals surface area contributed by atoms with Crippen molar-refractivity contribution in [3.63, 3.8) is 0 Å². The topological polar surface area (TPSA) is 38.8 Å². The Kier molecular flexibility index (Phi) is 5.99. The molecule has 0 saturated carbocycles. The van der Waals surface area contributed by atoms with Gasteiger partial charge in [0.15, 0.2) is 5.78 Å². The molecule has 0 spiro atoms. The molecule has 0 aliphatic carbocycles. The highest BCUT2D eigenvalue weighted by Gasteiger charge is 2.13. The average molecular weight is 337 g/mol. The molecule has 2 aromatic carbocycles. The highest BCUT2D eigenvalue weighted by Crippen LogP contribution is 2.23. The number of hydrogen-bond donors (Lipinski definition) is 0. The maximum absolute atomic E-state index is 12.2. The van der Waals surface area contributed by atoms with E-state index < -0.39 is 0 Å². The van der Waals surface area contributed by atoms with Crippen LogP contribution in [0.5, 0.6) is 5.75 Å². The van der Waals surface area contributed by atoms with Crippen LogP contribution < -0.4 is 4.74 Å². The SMILES string of the molecule is COc1ccc(/C=C/C(=O)c2ccccc2)cc1CN1CCOCC1. The molecule has 0 unspecified atom stereocenters.